The van der Waals surface area contributed by atoms with E-state index in [1.165, 1.54) is 19.3 Å². The third kappa shape index (κ3) is 2.98. The fraction of sp³-hybridized carbons (Fsp3) is 1.00. The molecular weight excluding hydrogens is 222 g/mol. The Hall–Kier alpha value is -0.0900. The SMILES string of the molecule is C[C@@H]1CC[C@H](N[C@H]2CCS(=O)(=O)C2)C[C@@H]1C. The van der Waals surface area contributed by atoms with Crippen molar-refractivity contribution < 1.29 is 8.42 Å². The Labute approximate surface area is 98.9 Å². The summed E-state index contributed by atoms with van der Waals surface area (Å²) in [5.74, 6) is 2.33. The molecule has 16 heavy (non-hydrogen) atoms. The summed E-state index contributed by atoms with van der Waals surface area (Å²) in [6, 6.07) is 0.764. The van der Waals surface area contributed by atoms with Crippen LogP contribution in [0.1, 0.15) is 39.5 Å². The Balaban J connectivity index is 1.83. The van der Waals surface area contributed by atoms with Crippen LogP contribution in [0.5, 0.6) is 0 Å². The number of sulfone groups is 1. The van der Waals surface area contributed by atoms with E-state index in [1.807, 2.05) is 0 Å². The van der Waals surface area contributed by atoms with Crippen LogP contribution in [-0.2, 0) is 9.84 Å². The lowest BCUT2D eigenvalue weighted by Gasteiger charge is -2.34. The second kappa shape index (κ2) is 4.65. The smallest absolute Gasteiger partial charge is 0.151 e. The zero-order valence-electron chi connectivity index (χ0n) is 10.3. The number of hydrogen-bond donors (Lipinski definition) is 1. The van der Waals surface area contributed by atoms with Gasteiger partial charge in [-0.15, -0.1) is 0 Å². The monoisotopic (exact) mass is 245 g/mol. The standard InChI is InChI=1S/C12H23NO2S/c1-9-3-4-11(7-10(9)2)13-12-5-6-16(14,15)8-12/h9-13H,3-8H2,1-2H3/t9-,10+,11+,12+/m1/s1. The van der Waals surface area contributed by atoms with Crippen molar-refractivity contribution in [1.82, 2.24) is 5.32 Å². The van der Waals surface area contributed by atoms with Crippen LogP contribution in [0.25, 0.3) is 0 Å². The lowest BCUT2D eigenvalue weighted by molar-refractivity contribution is 0.217. The molecule has 0 unspecified atom stereocenters. The van der Waals surface area contributed by atoms with E-state index in [1.54, 1.807) is 0 Å². The molecule has 0 radical (unpaired) electrons. The zero-order valence-corrected chi connectivity index (χ0v) is 11.1. The number of hydrogen-bond acceptors (Lipinski definition) is 3. The van der Waals surface area contributed by atoms with E-state index in [2.05, 4.69) is 19.2 Å². The average Bonchev–Trinajstić information content (AvgIpc) is 2.52. The van der Waals surface area contributed by atoms with Crippen LogP contribution >= 0.6 is 0 Å². The lowest BCUT2D eigenvalue weighted by Crippen LogP contribution is -2.42. The molecule has 0 spiro atoms. The fourth-order valence-corrected chi connectivity index (χ4v) is 4.64. The van der Waals surface area contributed by atoms with Crippen LogP contribution in [0, 0.1) is 11.8 Å². The van der Waals surface area contributed by atoms with Gasteiger partial charge in [-0.25, -0.2) is 8.42 Å². The van der Waals surface area contributed by atoms with Gasteiger partial charge < -0.3 is 5.32 Å². The molecule has 4 heteroatoms. The molecule has 1 heterocycles. The van der Waals surface area contributed by atoms with Gasteiger partial charge in [0.05, 0.1) is 11.5 Å². The van der Waals surface area contributed by atoms with Gasteiger partial charge in [-0.2, -0.15) is 0 Å². The van der Waals surface area contributed by atoms with E-state index in [-0.39, 0.29) is 6.04 Å². The third-order valence-corrected chi connectivity index (χ3v) is 6.07. The molecule has 0 aromatic heterocycles. The number of nitrogens with one attached hydrogen (secondary N) is 1. The molecule has 3 nitrogen and oxygen atoms in total. The average molecular weight is 245 g/mol. The first-order valence-electron chi connectivity index (χ1n) is 6.43. The molecule has 0 amide bonds. The number of rotatable bonds is 2. The van der Waals surface area contributed by atoms with E-state index in [4.69, 9.17) is 0 Å². The Morgan fingerprint density at radius 3 is 2.31 bits per heavy atom. The van der Waals surface area contributed by atoms with Gasteiger partial charge in [-0.1, -0.05) is 13.8 Å². The molecule has 1 saturated carbocycles. The first-order chi connectivity index (χ1) is 7.46. The summed E-state index contributed by atoms with van der Waals surface area (Å²) in [7, 11) is -2.73. The molecule has 1 aliphatic heterocycles. The summed E-state index contributed by atoms with van der Waals surface area (Å²) >= 11 is 0. The highest BCUT2D eigenvalue weighted by molar-refractivity contribution is 7.91. The largest absolute Gasteiger partial charge is 0.310 e. The third-order valence-electron chi connectivity index (χ3n) is 4.30. The van der Waals surface area contributed by atoms with Gasteiger partial charge in [0.1, 0.15) is 0 Å². The van der Waals surface area contributed by atoms with E-state index in [0.717, 1.165) is 18.3 Å². The normalized spacial score (nSPS) is 43.4. The summed E-state index contributed by atoms with van der Waals surface area (Å²) in [4.78, 5) is 0. The Morgan fingerprint density at radius 2 is 1.75 bits per heavy atom. The molecule has 2 fully saturated rings. The molecule has 0 aromatic rings. The summed E-state index contributed by atoms with van der Waals surface area (Å²) in [6.45, 7) is 4.63. The molecule has 2 rings (SSSR count). The summed E-state index contributed by atoms with van der Waals surface area (Å²) in [6.07, 6.45) is 4.50. The molecule has 1 N–H and O–H groups in total. The lowest BCUT2D eigenvalue weighted by atomic mass is 9.79. The van der Waals surface area contributed by atoms with Crippen LogP contribution in [0.3, 0.4) is 0 Å². The second-order valence-corrected chi connectivity index (χ2v) is 7.96. The molecular formula is C12H23NO2S. The summed E-state index contributed by atoms with van der Waals surface area (Å²) in [5, 5.41) is 3.55. The van der Waals surface area contributed by atoms with E-state index >= 15 is 0 Å². The highest BCUT2D eigenvalue weighted by Crippen LogP contribution is 2.30. The molecule has 94 valence electrons. The van der Waals surface area contributed by atoms with Crippen molar-refractivity contribution in [2.45, 2.75) is 51.6 Å². The minimum absolute atomic E-state index is 0.218. The van der Waals surface area contributed by atoms with Crippen LogP contribution in [0.15, 0.2) is 0 Å². The van der Waals surface area contributed by atoms with Crippen molar-refractivity contribution in [3.63, 3.8) is 0 Å². The van der Waals surface area contributed by atoms with Crippen molar-refractivity contribution in [3.8, 4) is 0 Å². The quantitative estimate of drug-likeness (QED) is 0.803. The first kappa shape index (κ1) is 12.4. The minimum Gasteiger partial charge on any atom is -0.310 e. The van der Waals surface area contributed by atoms with Gasteiger partial charge in [-0.05, 0) is 37.5 Å². The van der Waals surface area contributed by atoms with Crippen LogP contribution in [0.4, 0.5) is 0 Å². The van der Waals surface area contributed by atoms with Gasteiger partial charge >= 0.3 is 0 Å². The van der Waals surface area contributed by atoms with Crippen molar-refractivity contribution >= 4 is 9.84 Å². The molecule has 4 atom stereocenters. The topological polar surface area (TPSA) is 46.2 Å². The predicted molar refractivity (Wildman–Crippen MR) is 66.2 cm³/mol. The Kier molecular flexibility index (Phi) is 3.59. The molecule has 1 saturated heterocycles. The second-order valence-electron chi connectivity index (χ2n) is 5.73. The van der Waals surface area contributed by atoms with Crippen molar-refractivity contribution in [1.29, 1.82) is 0 Å². The predicted octanol–water partition coefficient (Wildman–Crippen LogP) is 1.59. The van der Waals surface area contributed by atoms with E-state index in [9.17, 15) is 8.42 Å². The van der Waals surface area contributed by atoms with Gasteiger partial charge in [0.2, 0.25) is 0 Å². The molecule has 1 aliphatic carbocycles. The minimum atomic E-state index is -2.73. The van der Waals surface area contributed by atoms with Crippen molar-refractivity contribution in [3.05, 3.63) is 0 Å². The summed E-state index contributed by atoms with van der Waals surface area (Å²) in [5.41, 5.74) is 0. The van der Waals surface area contributed by atoms with Crippen molar-refractivity contribution in [2.24, 2.45) is 11.8 Å². The van der Waals surface area contributed by atoms with Crippen LogP contribution in [-0.4, -0.2) is 32.0 Å². The maximum atomic E-state index is 11.4. The maximum absolute atomic E-state index is 11.4. The fourth-order valence-electron chi connectivity index (χ4n) is 2.96. The van der Waals surface area contributed by atoms with Crippen molar-refractivity contribution in [2.75, 3.05) is 11.5 Å². The molecule has 0 bridgehead atoms. The highest BCUT2D eigenvalue weighted by atomic mass is 32.2. The van der Waals surface area contributed by atoms with Gasteiger partial charge in [0.25, 0.3) is 0 Å². The summed E-state index contributed by atoms with van der Waals surface area (Å²) < 4.78 is 22.7. The Bertz CT molecular complexity index is 339. The van der Waals surface area contributed by atoms with E-state index in [0.29, 0.717) is 17.5 Å². The highest BCUT2D eigenvalue weighted by Gasteiger charge is 2.31. The first-order valence-corrected chi connectivity index (χ1v) is 8.25. The van der Waals surface area contributed by atoms with Gasteiger partial charge in [-0.3, -0.25) is 0 Å². The Morgan fingerprint density at radius 1 is 1.00 bits per heavy atom. The van der Waals surface area contributed by atoms with Gasteiger partial charge in [0.15, 0.2) is 9.84 Å². The van der Waals surface area contributed by atoms with Gasteiger partial charge in [0, 0.05) is 12.1 Å². The molecule has 0 aromatic carbocycles. The zero-order chi connectivity index (χ0) is 11.8. The van der Waals surface area contributed by atoms with Crippen LogP contribution < -0.4 is 5.32 Å². The van der Waals surface area contributed by atoms with E-state index < -0.39 is 9.84 Å². The molecule has 2 aliphatic rings. The van der Waals surface area contributed by atoms with Crippen LogP contribution in [0.2, 0.25) is 0 Å². The maximum Gasteiger partial charge on any atom is 0.151 e.